The van der Waals surface area contributed by atoms with Gasteiger partial charge in [0.15, 0.2) is 0 Å². The van der Waals surface area contributed by atoms with Crippen LogP contribution in [0.15, 0.2) is 30.3 Å². The quantitative estimate of drug-likeness (QED) is 0.696. The number of carbonyl (C=O) groups is 2. The minimum Gasteiger partial charge on any atom is -0.461 e. The van der Waals surface area contributed by atoms with Crippen LogP contribution in [0.3, 0.4) is 0 Å². The lowest BCUT2D eigenvalue weighted by molar-refractivity contribution is -0.145. The topological polar surface area (TPSA) is 43.4 Å². The number of ketones is 1. The number of benzene rings is 1. The third kappa shape index (κ3) is 5.13. The molecule has 1 rings (SSSR count). The molecule has 0 saturated carbocycles. The van der Waals surface area contributed by atoms with Gasteiger partial charge in [0.05, 0.1) is 0 Å². The molecular weight excluding hydrogens is 228 g/mol. The highest BCUT2D eigenvalue weighted by Crippen LogP contribution is 2.13. The molecule has 0 spiro atoms. The molecule has 1 aromatic rings. The Hall–Kier alpha value is -1.64. The van der Waals surface area contributed by atoms with Crippen LogP contribution in [0.5, 0.6) is 0 Å². The van der Waals surface area contributed by atoms with Gasteiger partial charge in [-0.25, -0.2) is 0 Å². The van der Waals surface area contributed by atoms with E-state index in [1.165, 1.54) is 0 Å². The molecule has 0 bridgehead atoms. The minimum absolute atomic E-state index is 0.0192. The van der Waals surface area contributed by atoms with Crippen LogP contribution in [0.4, 0.5) is 0 Å². The third-order valence-corrected chi connectivity index (χ3v) is 3.01. The van der Waals surface area contributed by atoms with Crippen LogP contribution in [0.1, 0.15) is 38.7 Å². The van der Waals surface area contributed by atoms with Crippen LogP contribution in [0, 0.1) is 5.92 Å². The van der Waals surface area contributed by atoms with Crippen molar-refractivity contribution in [2.45, 2.75) is 39.7 Å². The lowest BCUT2D eigenvalue weighted by Crippen LogP contribution is -2.13. The fourth-order valence-corrected chi connectivity index (χ4v) is 1.80. The fraction of sp³-hybridized carbons (Fsp3) is 0.467. The Morgan fingerprint density at radius 2 is 1.89 bits per heavy atom. The maximum atomic E-state index is 11.5. The van der Waals surface area contributed by atoms with Gasteiger partial charge in [0.2, 0.25) is 0 Å². The van der Waals surface area contributed by atoms with Crippen molar-refractivity contribution >= 4 is 11.8 Å². The van der Waals surface area contributed by atoms with Gasteiger partial charge in [-0.1, -0.05) is 37.3 Å². The molecule has 0 aliphatic carbocycles. The summed E-state index contributed by atoms with van der Waals surface area (Å²) in [6, 6.07) is 9.57. The Bertz CT molecular complexity index is 384. The van der Waals surface area contributed by atoms with Crippen molar-refractivity contribution in [2.75, 3.05) is 0 Å². The summed E-state index contributed by atoms with van der Waals surface area (Å²) in [6.07, 6.45) is 1.67. The SMILES string of the molecule is CCC(CCC(=O)OCc1ccccc1)C(C)=O. The van der Waals surface area contributed by atoms with Crippen LogP contribution in [0.2, 0.25) is 0 Å². The van der Waals surface area contributed by atoms with E-state index in [1.807, 2.05) is 37.3 Å². The summed E-state index contributed by atoms with van der Waals surface area (Å²) in [4.78, 5) is 22.7. The van der Waals surface area contributed by atoms with E-state index in [4.69, 9.17) is 4.74 Å². The van der Waals surface area contributed by atoms with Gasteiger partial charge < -0.3 is 4.74 Å². The van der Waals surface area contributed by atoms with Gasteiger partial charge in [-0.2, -0.15) is 0 Å². The monoisotopic (exact) mass is 248 g/mol. The molecule has 0 aliphatic heterocycles. The lowest BCUT2D eigenvalue weighted by atomic mass is 9.96. The molecule has 1 atom stereocenters. The number of esters is 1. The standard InChI is InChI=1S/C15H20O3/c1-3-14(12(2)16)9-10-15(17)18-11-13-7-5-4-6-8-13/h4-8,14H,3,9-11H2,1-2H3. The highest BCUT2D eigenvalue weighted by molar-refractivity contribution is 5.79. The van der Waals surface area contributed by atoms with E-state index in [2.05, 4.69) is 0 Å². The highest BCUT2D eigenvalue weighted by atomic mass is 16.5. The van der Waals surface area contributed by atoms with Crippen LogP contribution in [-0.2, 0) is 20.9 Å². The van der Waals surface area contributed by atoms with E-state index in [1.54, 1.807) is 6.92 Å². The molecule has 0 amide bonds. The number of hydrogen-bond donors (Lipinski definition) is 0. The first kappa shape index (κ1) is 14.4. The van der Waals surface area contributed by atoms with Crippen LogP contribution in [-0.4, -0.2) is 11.8 Å². The predicted molar refractivity (Wildman–Crippen MR) is 69.9 cm³/mol. The third-order valence-electron chi connectivity index (χ3n) is 3.01. The number of carbonyl (C=O) groups excluding carboxylic acids is 2. The number of ether oxygens (including phenoxy) is 1. The average molecular weight is 248 g/mol. The van der Waals surface area contributed by atoms with Gasteiger partial charge >= 0.3 is 5.97 Å². The Balaban J connectivity index is 2.28. The van der Waals surface area contributed by atoms with E-state index in [0.717, 1.165) is 12.0 Å². The molecule has 3 nitrogen and oxygen atoms in total. The van der Waals surface area contributed by atoms with Crippen molar-refractivity contribution in [3.05, 3.63) is 35.9 Å². The van der Waals surface area contributed by atoms with E-state index < -0.39 is 0 Å². The minimum atomic E-state index is -0.237. The van der Waals surface area contributed by atoms with E-state index in [-0.39, 0.29) is 17.7 Å². The maximum Gasteiger partial charge on any atom is 0.306 e. The zero-order valence-corrected chi connectivity index (χ0v) is 11.0. The largest absolute Gasteiger partial charge is 0.461 e. The molecule has 18 heavy (non-hydrogen) atoms. The first-order chi connectivity index (χ1) is 8.63. The van der Waals surface area contributed by atoms with Crippen LogP contribution < -0.4 is 0 Å². The predicted octanol–water partition coefficient (Wildman–Crippen LogP) is 3.13. The summed E-state index contributed by atoms with van der Waals surface area (Å²) < 4.78 is 5.15. The van der Waals surface area contributed by atoms with Gasteiger partial charge in [-0.05, 0) is 25.3 Å². The molecule has 0 saturated heterocycles. The maximum absolute atomic E-state index is 11.5. The van der Waals surface area contributed by atoms with Gasteiger partial charge in [0.1, 0.15) is 12.4 Å². The second-order valence-corrected chi connectivity index (χ2v) is 4.40. The van der Waals surface area contributed by atoms with E-state index in [9.17, 15) is 9.59 Å². The summed E-state index contributed by atoms with van der Waals surface area (Å²) in [6.45, 7) is 3.83. The molecule has 0 radical (unpaired) electrons. The Labute approximate surface area is 108 Å². The molecule has 0 aromatic heterocycles. The molecule has 98 valence electrons. The van der Waals surface area contributed by atoms with Crippen molar-refractivity contribution in [3.63, 3.8) is 0 Å². The summed E-state index contributed by atoms with van der Waals surface area (Å²) >= 11 is 0. The van der Waals surface area contributed by atoms with Crippen LogP contribution >= 0.6 is 0 Å². The van der Waals surface area contributed by atoms with Crippen molar-refractivity contribution in [1.82, 2.24) is 0 Å². The summed E-state index contributed by atoms with van der Waals surface area (Å²) in [5, 5.41) is 0. The van der Waals surface area contributed by atoms with Crippen molar-refractivity contribution in [3.8, 4) is 0 Å². The summed E-state index contributed by atoms with van der Waals surface area (Å²) in [5.41, 5.74) is 0.976. The fourth-order valence-electron chi connectivity index (χ4n) is 1.80. The molecule has 0 aliphatic rings. The zero-order valence-electron chi connectivity index (χ0n) is 11.0. The van der Waals surface area contributed by atoms with Crippen molar-refractivity contribution < 1.29 is 14.3 Å². The first-order valence-corrected chi connectivity index (χ1v) is 6.33. The van der Waals surface area contributed by atoms with E-state index >= 15 is 0 Å². The van der Waals surface area contributed by atoms with Gasteiger partial charge in [-0.15, -0.1) is 0 Å². The molecule has 0 heterocycles. The molecule has 0 fully saturated rings. The second-order valence-electron chi connectivity index (χ2n) is 4.40. The van der Waals surface area contributed by atoms with Crippen molar-refractivity contribution in [1.29, 1.82) is 0 Å². The Morgan fingerprint density at radius 3 is 2.44 bits per heavy atom. The molecule has 1 aromatic carbocycles. The number of Topliss-reactive ketones (excluding diaryl/α,β-unsaturated/α-hetero) is 1. The van der Waals surface area contributed by atoms with Gasteiger partial charge in [0.25, 0.3) is 0 Å². The number of rotatable bonds is 7. The van der Waals surface area contributed by atoms with Gasteiger partial charge in [-0.3, -0.25) is 9.59 Å². The highest BCUT2D eigenvalue weighted by Gasteiger charge is 2.14. The molecular formula is C15H20O3. The molecule has 0 N–H and O–H groups in total. The first-order valence-electron chi connectivity index (χ1n) is 6.33. The van der Waals surface area contributed by atoms with Crippen molar-refractivity contribution in [2.24, 2.45) is 5.92 Å². The smallest absolute Gasteiger partial charge is 0.306 e. The zero-order chi connectivity index (χ0) is 13.4. The normalized spacial score (nSPS) is 11.9. The van der Waals surface area contributed by atoms with E-state index in [0.29, 0.717) is 19.4 Å². The Kier molecular flexibility index (Phi) is 6.12. The molecule has 1 unspecified atom stereocenters. The lowest BCUT2D eigenvalue weighted by Gasteiger charge is -2.10. The molecule has 3 heteroatoms. The summed E-state index contributed by atoms with van der Waals surface area (Å²) in [7, 11) is 0. The second kappa shape index (κ2) is 7.64. The summed E-state index contributed by atoms with van der Waals surface area (Å²) in [5.74, 6) is -0.110. The average Bonchev–Trinajstić information content (AvgIpc) is 2.38. The number of hydrogen-bond acceptors (Lipinski definition) is 3. The van der Waals surface area contributed by atoms with Gasteiger partial charge in [0, 0.05) is 12.3 Å². The Morgan fingerprint density at radius 1 is 1.22 bits per heavy atom. The van der Waals surface area contributed by atoms with Crippen LogP contribution in [0.25, 0.3) is 0 Å².